The van der Waals surface area contributed by atoms with Gasteiger partial charge >= 0.3 is 0 Å². The van der Waals surface area contributed by atoms with Gasteiger partial charge in [-0.05, 0) is 37.1 Å². The molecule has 0 aromatic heterocycles. The SMILES string of the molecule is CN(C)C(=O)CN=C(NCCSc1ccc(Cl)cc1)NCC1CCCO1. The Balaban J connectivity index is 1.78. The van der Waals surface area contributed by atoms with Crippen molar-refractivity contribution in [2.45, 2.75) is 23.8 Å². The number of ether oxygens (including phenoxy) is 1. The van der Waals surface area contributed by atoms with Gasteiger partial charge in [-0.15, -0.1) is 11.8 Å². The lowest BCUT2D eigenvalue weighted by molar-refractivity contribution is -0.127. The van der Waals surface area contributed by atoms with Crippen LogP contribution in [-0.4, -0.2) is 69.0 Å². The van der Waals surface area contributed by atoms with Crippen LogP contribution in [0.25, 0.3) is 0 Å². The highest BCUT2D eigenvalue weighted by Gasteiger charge is 2.15. The van der Waals surface area contributed by atoms with Gasteiger partial charge in [-0.25, -0.2) is 4.99 Å². The van der Waals surface area contributed by atoms with Crippen LogP contribution in [0, 0.1) is 0 Å². The number of rotatable bonds is 8. The molecule has 0 bridgehead atoms. The standard InChI is InChI=1S/C18H27ClN4O2S/c1-23(2)17(24)13-22-18(21-12-15-4-3-10-25-15)20-9-11-26-16-7-5-14(19)6-8-16/h5-8,15H,3-4,9-13H2,1-2H3,(H2,20,21,22). The summed E-state index contributed by atoms with van der Waals surface area (Å²) in [6, 6.07) is 7.79. The van der Waals surface area contributed by atoms with Crippen LogP contribution in [0.2, 0.25) is 5.02 Å². The Kier molecular flexibility index (Phi) is 9.08. The third-order valence-corrected chi connectivity index (χ3v) is 5.13. The fourth-order valence-electron chi connectivity index (χ4n) is 2.35. The summed E-state index contributed by atoms with van der Waals surface area (Å²) in [7, 11) is 3.46. The van der Waals surface area contributed by atoms with Gasteiger partial charge in [0.25, 0.3) is 0 Å². The molecule has 8 heteroatoms. The monoisotopic (exact) mass is 398 g/mol. The lowest BCUT2D eigenvalue weighted by Crippen LogP contribution is -2.42. The smallest absolute Gasteiger partial charge is 0.243 e. The van der Waals surface area contributed by atoms with E-state index in [0.717, 1.165) is 36.8 Å². The molecule has 6 nitrogen and oxygen atoms in total. The number of benzene rings is 1. The van der Waals surface area contributed by atoms with Gasteiger partial charge in [0.2, 0.25) is 5.91 Å². The predicted molar refractivity (Wildman–Crippen MR) is 108 cm³/mol. The molecular formula is C18H27ClN4O2S. The topological polar surface area (TPSA) is 66.0 Å². The predicted octanol–water partition coefficient (Wildman–Crippen LogP) is 2.23. The van der Waals surface area contributed by atoms with Gasteiger partial charge in [0, 0.05) is 49.5 Å². The fourth-order valence-corrected chi connectivity index (χ4v) is 3.24. The minimum absolute atomic E-state index is 0.0289. The summed E-state index contributed by atoms with van der Waals surface area (Å²) >= 11 is 7.64. The molecule has 1 aromatic carbocycles. The molecule has 0 radical (unpaired) electrons. The van der Waals surface area contributed by atoms with Crippen molar-refractivity contribution in [3.8, 4) is 0 Å². The minimum Gasteiger partial charge on any atom is -0.376 e. The molecule has 1 fully saturated rings. The van der Waals surface area contributed by atoms with Crippen LogP contribution < -0.4 is 10.6 Å². The third kappa shape index (κ3) is 7.85. The third-order valence-electron chi connectivity index (χ3n) is 3.87. The highest BCUT2D eigenvalue weighted by molar-refractivity contribution is 7.99. The molecule has 0 aliphatic carbocycles. The number of carbonyl (C=O) groups excluding carboxylic acids is 1. The van der Waals surface area contributed by atoms with Gasteiger partial charge in [0.15, 0.2) is 5.96 Å². The zero-order valence-electron chi connectivity index (χ0n) is 15.3. The van der Waals surface area contributed by atoms with E-state index in [0.29, 0.717) is 12.5 Å². The quantitative estimate of drug-likeness (QED) is 0.304. The number of hydrogen-bond donors (Lipinski definition) is 2. The average molecular weight is 399 g/mol. The van der Waals surface area contributed by atoms with Crippen molar-refractivity contribution in [2.75, 3.05) is 46.1 Å². The zero-order chi connectivity index (χ0) is 18.8. The largest absolute Gasteiger partial charge is 0.376 e. The number of amides is 1. The minimum atomic E-state index is -0.0289. The Bertz CT molecular complexity index is 589. The molecule has 26 heavy (non-hydrogen) atoms. The molecule has 2 N–H and O–H groups in total. The van der Waals surface area contributed by atoms with E-state index in [4.69, 9.17) is 16.3 Å². The van der Waals surface area contributed by atoms with Crippen LogP contribution in [0.5, 0.6) is 0 Å². The maximum Gasteiger partial charge on any atom is 0.243 e. The van der Waals surface area contributed by atoms with Crippen LogP contribution in [0.4, 0.5) is 0 Å². The van der Waals surface area contributed by atoms with Crippen LogP contribution in [0.15, 0.2) is 34.2 Å². The van der Waals surface area contributed by atoms with E-state index >= 15 is 0 Å². The van der Waals surface area contributed by atoms with Crippen molar-refractivity contribution in [1.29, 1.82) is 0 Å². The van der Waals surface area contributed by atoms with Gasteiger partial charge in [-0.2, -0.15) is 0 Å². The molecule has 0 spiro atoms. The van der Waals surface area contributed by atoms with Crippen molar-refractivity contribution in [3.63, 3.8) is 0 Å². The number of nitrogens with one attached hydrogen (secondary N) is 2. The molecule has 1 amide bonds. The summed E-state index contributed by atoms with van der Waals surface area (Å²) in [6.45, 7) is 2.38. The Morgan fingerprint density at radius 1 is 1.35 bits per heavy atom. The van der Waals surface area contributed by atoms with E-state index in [1.165, 1.54) is 9.80 Å². The highest BCUT2D eigenvalue weighted by Crippen LogP contribution is 2.19. The summed E-state index contributed by atoms with van der Waals surface area (Å²) in [5.41, 5.74) is 0. The van der Waals surface area contributed by atoms with Crippen LogP contribution >= 0.6 is 23.4 Å². The summed E-state index contributed by atoms with van der Waals surface area (Å²) in [4.78, 5) is 18.9. The number of hydrogen-bond acceptors (Lipinski definition) is 4. The number of guanidine groups is 1. The van der Waals surface area contributed by atoms with E-state index < -0.39 is 0 Å². The molecule has 1 heterocycles. The van der Waals surface area contributed by atoms with Gasteiger partial charge in [0.05, 0.1) is 6.10 Å². The number of thioether (sulfide) groups is 1. The Morgan fingerprint density at radius 2 is 2.12 bits per heavy atom. The summed E-state index contributed by atoms with van der Waals surface area (Å²) in [5.74, 6) is 1.50. The number of likely N-dealkylation sites (N-methyl/N-ethyl adjacent to an activating group) is 1. The number of nitrogens with zero attached hydrogens (tertiary/aromatic N) is 2. The number of aliphatic imine (C=N–C) groups is 1. The fraction of sp³-hybridized carbons (Fsp3) is 0.556. The number of halogens is 1. The Hall–Kier alpha value is -1.44. The Labute approximate surface area is 164 Å². The first-order valence-corrected chi connectivity index (χ1v) is 10.1. The van der Waals surface area contributed by atoms with E-state index in [-0.39, 0.29) is 18.6 Å². The molecule has 1 aliphatic rings. The maximum absolute atomic E-state index is 11.8. The lowest BCUT2D eigenvalue weighted by Gasteiger charge is -2.16. The van der Waals surface area contributed by atoms with Crippen LogP contribution in [0.3, 0.4) is 0 Å². The molecule has 0 saturated carbocycles. The summed E-state index contributed by atoms with van der Waals surface area (Å²) < 4.78 is 5.62. The van der Waals surface area contributed by atoms with E-state index in [1.54, 1.807) is 25.9 Å². The molecule has 1 aliphatic heterocycles. The zero-order valence-corrected chi connectivity index (χ0v) is 16.9. The van der Waals surface area contributed by atoms with E-state index in [9.17, 15) is 4.79 Å². The van der Waals surface area contributed by atoms with Crippen molar-refractivity contribution in [3.05, 3.63) is 29.3 Å². The first-order chi connectivity index (χ1) is 12.5. The molecule has 1 saturated heterocycles. The van der Waals surface area contributed by atoms with E-state index in [1.807, 2.05) is 24.3 Å². The van der Waals surface area contributed by atoms with Crippen molar-refractivity contribution in [1.82, 2.24) is 15.5 Å². The van der Waals surface area contributed by atoms with Crippen molar-refractivity contribution in [2.24, 2.45) is 4.99 Å². The molecule has 1 aromatic rings. The average Bonchev–Trinajstić information content (AvgIpc) is 3.15. The molecule has 2 rings (SSSR count). The molecular weight excluding hydrogens is 372 g/mol. The van der Waals surface area contributed by atoms with Gasteiger partial charge in [0.1, 0.15) is 6.54 Å². The molecule has 1 unspecified atom stereocenters. The van der Waals surface area contributed by atoms with Gasteiger partial charge < -0.3 is 20.3 Å². The normalized spacial score (nSPS) is 17.2. The first kappa shape index (κ1) is 20.9. The second-order valence-corrected chi connectivity index (χ2v) is 7.80. The van der Waals surface area contributed by atoms with Crippen molar-refractivity contribution >= 4 is 35.2 Å². The Morgan fingerprint density at radius 3 is 2.77 bits per heavy atom. The van der Waals surface area contributed by atoms with E-state index in [2.05, 4.69) is 15.6 Å². The van der Waals surface area contributed by atoms with Crippen LogP contribution in [0.1, 0.15) is 12.8 Å². The van der Waals surface area contributed by atoms with Gasteiger partial charge in [-0.3, -0.25) is 4.79 Å². The highest BCUT2D eigenvalue weighted by atomic mass is 35.5. The molecule has 1 atom stereocenters. The molecule has 144 valence electrons. The maximum atomic E-state index is 11.8. The van der Waals surface area contributed by atoms with Crippen molar-refractivity contribution < 1.29 is 9.53 Å². The van der Waals surface area contributed by atoms with Crippen LogP contribution in [-0.2, 0) is 9.53 Å². The second-order valence-electron chi connectivity index (χ2n) is 6.20. The lowest BCUT2D eigenvalue weighted by atomic mass is 10.2. The summed E-state index contributed by atoms with van der Waals surface area (Å²) in [6.07, 6.45) is 2.38. The summed E-state index contributed by atoms with van der Waals surface area (Å²) in [5, 5.41) is 7.31. The second kappa shape index (κ2) is 11.3. The first-order valence-electron chi connectivity index (χ1n) is 8.77. The number of carbonyl (C=O) groups is 1. The van der Waals surface area contributed by atoms with Gasteiger partial charge in [-0.1, -0.05) is 11.6 Å².